The first-order valence-corrected chi connectivity index (χ1v) is 9.34. The van der Waals surface area contributed by atoms with Crippen LogP contribution < -0.4 is 15.5 Å². The number of ether oxygens (including phenoxy) is 1. The van der Waals surface area contributed by atoms with E-state index < -0.39 is 29.8 Å². The monoisotopic (exact) mass is 502 g/mol. The normalized spacial score (nSPS) is 12.2. The second-order valence-electron chi connectivity index (χ2n) is 6.18. The van der Waals surface area contributed by atoms with Crippen molar-refractivity contribution in [3.63, 3.8) is 0 Å². The van der Waals surface area contributed by atoms with Crippen LogP contribution in [0.25, 0.3) is 10.9 Å². The molecule has 0 bridgehead atoms. The van der Waals surface area contributed by atoms with E-state index in [4.69, 9.17) is 9.84 Å². The molecule has 28 heavy (non-hydrogen) atoms. The second-order valence-corrected chi connectivity index (χ2v) is 7.42. The van der Waals surface area contributed by atoms with Crippen molar-refractivity contribution in [2.75, 3.05) is 18.5 Å². The molecule has 0 saturated heterocycles. The van der Waals surface area contributed by atoms with Gasteiger partial charge in [-0.15, -0.1) is 0 Å². The number of hydrogen-bond donors (Lipinski definition) is 3. The lowest BCUT2D eigenvalue weighted by Gasteiger charge is -2.16. The van der Waals surface area contributed by atoms with Crippen molar-refractivity contribution in [3.8, 4) is 5.75 Å². The van der Waals surface area contributed by atoms with Crippen molar-refractivity contribution < 1.29 is 23.7 Å². The molecule has 3 N–H and O–H groups in total. The first-order valence-electron chi connectivity index (χ1n) is 8.27. The van der Waals surface area contributed by atoms with E-state index in [9.17, 15) is 18.7 Å². The van der Waals surface area contributed by atoms with Gasteiger partial charge in [0.05, 0.1) is 35.1 Å². The number of fused-ring (bicyclic) bond motifs is 1. The molecule has 6 nitrogen and oxygen atoms in total. The summed E-state index contributed by atoms with van der Waals surface area (Å²) in [7, 11) is 1.60. The first-order chi connectivity index (χ1) is 13.3. The molecule has 0 aliphatic heterocycles. The molecule has 0 aliphatic rings. The summed E-state index contributed by atoms with van der Waals surface area (Å²) in [5.74, 6) is -1.22. The van der Waals surface area contributed by atoms with Crippen molar-refractivity contribution in [1.29, 1.82) is 0 Å². The molecule has 0 aliphatic carbocycles. The average molecular weight is 502 g/mol. The van der Waals surface area contributed by atoms with E-state index in [1.54, 1.807) is 13.1 Å². The maximum absolute atomic E-state index is 14.2. The summed E-state index contributed by atoms with van der Waals surface area (Å²) in [6, 6.07) is 6.78. The number of benzene rings is 2. The van der Waals surface area contributed by atoms with Gasteiger partial charge >= 0.3 is 0 Å². The number of nitrogens with zero attached hydrogens (tertiary/aromatic N) is 1. The molecule has 148 valence electrons. The number of rotatable bonds is 6. The van der Waals surface area contributed by atoms with Crippen LogP contribution in [0.3, 0.4) is 0 Å². The van der Waals surface area contributed by atoms with Crippen molar-refractivity contribution in [1.82, 2.24) is 4.57 Å². The largest absolute Gasteiger partial charge is 0.485 e. The molecule has 3 aromatic rings. The highest BCUT2D eigenvalue weighted by Gasteiger charge is 2.16. The fourth-order valence-electron chi connectivity index (χ4n) is 2.71. The average Bonchev–Trinajstić information content (AvgIpc) is 2.65. The van der Waals surface area contributed by atoms with Crippen molar-refractivity contribution in [2.24, 2.45) is 7.05 Å². The molecule has 1 atom stereocenters. The van der Waals surface area contributed by atoms with Crippen molar-refractivity contribution >= 4 is 44.9 Å². The zero-order valence-corrected chi connectivity index (χ0v) is 16.9. The van der Waals surface area contributed by atoms with Gasteiger partial charge in [0.1, 0.15) is 24.3 Å². The lowest BCUT2D eigenvalue weighted by Crippen LogP contribution is -2.24. The van der Waals surface area contributed by atoms with E-state index in [0.717, 1.165) is 6.07 Å². The van der Waals surface area contributed by atoms with Gasteiger partial charge in [0.2, 0.25) is 5.43 Å². The molecule has 0 saturated carbocycles. The molecule has 9 heteroatoms. The Balaban J connectivity index is 2.13. The van der Waals surface area contributed by atoms with E-state index >= 15 is 0 Å². The molecule has 0 radical (unpaired) electrons. The number of aliphatic hydroxyl groups is 2. The number of hydrogen-bond acceptors (Lipinski definition) is 5. The maximum Gasteiger partial charge on any atom is 0.233 e. The van der Waals surface area contributed by atoms with Gasteiger partial charge in [-0.1, -0.05) is 0 Å². The molecule has 0 fully saturated rings. The predicted molar refractivity (Wildman–Crippen MR) is 110 cm³/mol. The van der Waals surface area contributed by atoms with Crippen LogP contribution in [-0.4, -0.2) is 34.1 Å². The summed E-state index contributed by atoms with van der Waals surface area (Å²) in [5, 5.41) is 21.2. The molecule has 0 amide bonds. The minimum atomic E-state index is -1.15. The Kier molecular flexibility index (Phi) is 6.16. The highest BCUT2D eigenvalue weighted by molar-refractivity contribution is 14.1. The lowest BCUT2D eigenvalue weighted by atomic mass is 10.1. The van der Waals surface area contributed by atoms with E-state index in [-0.39, 0.29) is 34.6 Å². The molecule has 1 heterocycles. The number of pyridine rings is 1. The van der Waals surface area contributed by atoms with Gasteiger partial charge in [0.15, 0.2) is 5.75 Å². The van der Waals surface area contributed by atoms with Gasteiger partial charge in [-0.25, -0.2) is 8.78 Å². The third-order valence-corrected chi connectivity index (χ3v) is 4.74. The van der Waals surface area contributed by atoms with Gasteiger partial charge in [0.25, 0.3) is 0 Å². The Morgan fingerprint density at radius 2 is 2.00 bits per heavy atom. The first kappa shape index (κ1) is 20.5. The maximum atomic E-state index is 14.2. The summed E-state index contributed by atoms with van der Waals surface area (Å²) in [6.07, 6.45) is 0.218. The van der Waals surface area contributed by atoms with E-state index in [0.29, 0.717) is 3.57 Å². The summed E-state index contributed by atoms with van der Waals surface area (Å²) in [5.41, 5.74) is -0.0830. The summed E-state index contributed by atoms with van der Waals surface area (Å²) in [6.45, 7) is -0.801. The Hall–Kier alpha value is -2.24. The molecule has 0 spiro atoms. The molecule has 3 rings (SSSR count). The zero-order chi connectivity index (χ0) is 20.4. The minimum Gasteiger partial charge on any atom is -0.485 e. The quantitative estimate of drug-likeness (QED) is 0.452. The number of anilines is 2. The smallest absolute Gasteiger partial charge is 0.233 e. The molecule has 1 aromatic heterocycles. The van der Waals surface area contributed by atoms with Crippen LogP contribution in [0.1, 0.15) is 0 Å². The highest BCUT2D eigenvalue weighted by Crippen LogP contribution is 2.29. The van der Waals surface area contributed by atoms with Crippen molar-refractivity contribution in [3.05, 3.63) is 62.0 Å². The topological polar surface area (TPSA) is 83.7 Å². The molecule has 2 aromatic carbocycles. The summed E-state index contributed by atoms with van der Waals surface area (Å²) >= 11 is 1.97. The SMILES string of the molecule is Cn1cc(OC[C@H](O)CO)c(=O)c2c(Nc3ccc(I)cc3F)cc(F)cc21. The minimum absolute atomic E-state index is 0.0831. The van der Waals surface area contributed by atoms with Gasteiger partial charge in [-0.05, 0) is 52.9 Å². The standard InChI is InChI=1S/C19H17F2IN2O4/c1-24-7-17(28-9-12(26)8-25)19(27)18-15(4-10(20)5-16(18)24)23-14-3-2-11(22)6-13(14)21/h2-7,12,23,25-26H,8-9H2,1H3/t12-/m1/s1. The van der Waals surface area contributed by atoms with Gasteiger partial charge in [0, 0.05) is 10.6 Å². The molecular weight excluding hydrogens is 485 g/mol. The van der Waals surface area contributed by atoms with Crippen LogP contribution >= 0.6 is 22.6 Å². The predicted octanol–water partition coefficient (Wildman–Crippen LogP) is 2.90. The van der Waals surface area contributed by atoms with Gasteiger partial charge in [-0.2, -0.15) is 0 Å². The van der Waals surface area contributed by atoms with Gasteiger partial charge < -0.3 is 24.8 Å². The van der Waals surface area contributed by atoms with Crippen LogP contribution in [0.2, 0.25) is 0 Å². The van der Waals surface area contributed by atoms with Crippen LogP contribution in [0.5, 0.6) is 5.75 Å². The Morgan fingerprint density at radius 3 is 2.68 bits per heavy atom. The van der Waals surface area contributed by atoms with E-state index in [2.05, 4.69) is 5.32 Å². The Bertz CT molecular complexity index is 1090. The third-order valence-electron chi connectivity index (χ3n) is 4.07. The van der Waals surface area contributed by atoms with Crippen LogP contribution in [0, 0.1) is 15.2 Å². The van der Waals surface area contributed by atoms with Crippen LogP contribution in [0.15, 0.2) is 41.3 Å². The Labute approximate surface area is 172 Å². The number of nitrogens with one attached hydrogen (secondary N) is 1. The number of aliphatic hydroxyl groups excluding tert-OH is 2. The summed E-state index contributed by atoms with van der Waals surface area (Å²) in [4.78, 5) is 12.9. The van der Waals surface area contributed by atoms with Crippen LogP contribution in [0.4, 0.5) is 20.2 Å². The fraction of sp³-hybridized carbons (Fsp3) is 0.211. The summed E-state index contributed by atoms with van der Waals surface area (Å²) < 4.78 is 35.9. The molecule has 0 unspecified atom stereocenters. The Morgan fingerprint density at radius 1 is 1.25 bits per heavy atom. The van der Waals surface area contributed by atoms with E-state index in [1.165, 1.54) is 29.0 Å². The third kappa shape index (κ3) is 4.26. The van der Waals surface area contributed by atoms with Crippen molar-refractivity contribution in [2.45, 2.75) is 6.10 Å². The van der Waals surface area contributed by atoms with Crippen LogP contribution in [-0.2, 0) is 7.05 Å². The van der Waals surface area contributed by atoms with Gasteiger partial charge in [-0.3, -0.25) is 4.79 Å². The molecular formula is C19H17F2IN2O4. The second kappa shape index (κ2) is 8.41. The van der Waals surface area contributed by atoms with E-state index in [1.807, 2.05) is 22.6 Å². The number of aromatic nitrogens is 1. The lowest BCUT2D eigenvalue weighted by molar-refractivity contribution is 0.0531. The zero-order valence-electron chi connectivity index (χ0n) is 14.7. The number of aryl methyl sites for hydroxylation is 1. The fourth-order valence-corrected chi connectivity index (χ4v) is 3.17. The highest BCUT2D eigenvalue weighted by atomic mass is 127. The number of halogens is 3.